The molecule has 3 aromatic rings. The van der Waals surface area contributed by atoms with E-state index in [2.05, 4.69) is 35.6 Å². The van der Waals surface area contributed by atoms with Gasteiger partial charge in [0, 0.05) is 10.4 Å². The molecule has 4 nitrogen and oxygen atoms in total. The van der Waals surface area contributed by atoms with Crippen molar-refractivity contribution in [2.75, 3.05) is 0 Å². The fourth-order valence-corrected chi connectivity index (χ4v) is 4.01. The van der Waals surface area contributed by atoms with Crippen LogP contribution in [0.25, 0.3) is 11.5 Å². The van der Waals surface area contributed by atoms with Crippen molar-refractivity contribution < 1.29 is 9.21 Å². The average Bonchev–Trinajstić information content (AvgIpc) is 3.34. The molecule has 1 N–H and O–H groups in total. The third-order valence-electron chi connectivity index (χ3n) is 4.60. The first-order valence-corrected chi connectivity index (χ1v) is 9.91. The van der Waals surface area contributed by atoms with Gasteiger partial charge in [0.15, 0.2) is 0 Å². The van der Waals surface area contributed by atoms with Gasteiger partial charge in [-0.1, -0.05) is 51.0 Å². The van der Waals surface area contributed by atoms with E-state index >= 15 is 0 Å². The lowest BCUT2D eigenvalue weighted by Crippen LogP contribution is -2.33. The topological polar surface area (TPSA) is 55.1 Å². The van der Waals surface area contributed by atoms with E-state index in [9.17, 15) is 4.79 Å². The molecule has 5 heteroatoms. The van der Waals surface area contributed by atoms with Crippen LogP contribution in [0.5, 0.6) is 0 Å². The number of hydrogen-bond acceptors (Lipinski definition) is 4. The number of amides is 1. The smallest absolute Gasteiger partial charge is 0.226 e. The highest BCUT2D eigenvalue weighted by molar-refractivity contribution is 7.10. The number of carbonyl (C=O) groups excluding carboxylic acids is 1. The normalized spacial score (nSPS) is 12.3. The van der Waals surface area contributed by atoms with E-state index in [1.807, 2.05) is 36.4 Å². The Kier molecular flexibility index (Phi) is 6.23. The van der Waals surface area contributed by atoms with Crippen molar-refractivity contribution in [1.82, 2.24) is 10.3 Å². The molecule has 0 radical (unpaired) electrons. The van der Waals surface area contributed by atoms with Crippen LogP contribution in [0.4, 0.5) is 0 Å². The van der Waals surface area contributed by atoms with Gasteiger partial charge in [0.2, 0.25) is 11.8 Å². The molecular formula is C21H24N2O2S. The fraction of sp³-hybridized carbons (Fsp3) is 0.333. The first kappa shape index (κ1) is 18.4. The van der Waals surface area contributed by atoms with Crippen molar-refractivity contribution in [2.24, 2.45) is 5.92 Å². The molecule has 0 spiro atoms. The maximum atomic E-state index is 12.6. The monoisotopic (exact) mass is 368 g/mol. The lowest BCUT2D eigenvalue weighted by atomic mass is 9.93. The highest BCUT2D eigenvalue weighted by Gasteiger charge is 2.23. The molecular weight excluding hydrogens is 344 g/mol. The van der Waals surface area contributed by atoms with E-state index in [0.29, 0.717) is 17.5 Å². The Bertz CT molecular complexity index is 808. The summed E-state index contributed by atoms with van der Waals surface area (Å²) in [6, 6.07) is 13.9. The minimum absolute atomic E-state index is 0.0248. The predicted molar refractivity (Wildman–Crippen MR) is 105 cm³/mol. The summed E-state index contributed by atoms with van der Waals surface area (Å²) in [7, 11) is 0. The summed E-state index contributed by atoms with van der Waals surface area (Å²) in [6.45, 7) is 4.34. The Labute approximate surface area is 158 Å². The number of nitrogens with one attached hydrogen (secondary N) is 1. The van der Waals surface area contributed by atoms with Crippen LogP contribution >= 0.6 is 11.3 Å². The zero-order valence-corrected chi connectivity index (χ0v) is 16.0. The standard InChI is InChI=1S/C21H24N2O2S/c1-3-15(4-2)20(18-11-8-12-26-18)23-19(24)13-17-14-25-21(22-17)16-9-6-5-7-10-16/h5-12,14-15,20H,3-4,13H2,1-2H3,(H,23,24). The number of rotatable bonds is 8. The van der Waals surface area contributed by atoms with E-state index in [4.69, 9.17) is 4.42 Å². The van der Waals surface area contributed by atoms with Gasteiger partial charge < -0.3 is 9.73 Å². The second kappa shape index (κ2) is 8.81. The summed E-state index contributed by atoms with van der Waals surface area (Å²) in [5, 5.41) is 5.26. The third kappa shape index (κ3) is 4.41. The molecule has 1 unspecified atom stereocenters. The third-order valence-corrected chi connectivity index (χ3v) is 5.56. The Hall–Kier alpha value is -2.40. The summed E-state index contributed by atoms with van der Waals surface area (Å²) in [4.78, 5) is 18.3. The van der Waals surface area contributed by atoms with Crippen molar-refractivity contribution in [3.63, 3.8) is 0 Å². The Balaban J connectivity index is 1.68. The molecule has 136 valence electrons. The summed E-state index contributed by atoms with van der Waals surface area (Å²) >= 11 is 1.69. The molecule has 0 aliphatic carbocycles. The summed E-state index contributed by atoms with van der Waals surface area (Å²) in [5.41, 5.74) is 1.56. The molecule has 0 aliphatic heterocycles. The molecule has 2 aromatic heterocycles. The van der Waals surface area contributed by atoms with E-state index in [-0.39, 0.29) is 18.4 Å². The van der Waals surface area contributed by atoms with Gasteiger partial charge in [0.25, 0.3) is 0 Å². The zero-order chi connectivity index (χ0) is 18.4. The van der Waals surface area contributed by atoms with Crippen LogP contribution in [-0.4, -0.2) is 10.9 Å². The second-order valence-corrected chi connectivity index (χ2v) is 7.30. The van der Waals surface area contributed by atoms with Crippen molar-refractivity contribution >= 4 is 17.2 Å². The zero-order valence-electron chi connectivity index (χ0n) is 15.1. The number of oxazole rings is 1. The summed E-state index contributed by atoms with van der Waals surface area (Å²) in [6.07, 6.45) is 3.85. The SMILES string of the molecule is CCC(CC)C(NC(=O)Cc1coc(-c2ccccc2)n1)c1cccs1. The number of thiophene rings is 1. The van der Waals surface area contributed by atoms with Crippen molar-refractivity contribution in [3.05, 3.63) is 64.7 Å². The number of benzene rings is 1. The number of aromatic nitrogens is 1. The van der Waals surface area contributed by atoms with E-state index in [1.54, 1.807) is 17.6 Å². The van der Waals surface area contributed by atoms with Crippen molar-refractivity contribution in [2.45, 2.75) is 39.2 Å². The molecule has 0 saturated carbocycles. The molecule has 3 rings (SSSR count). The van der Waals surface area contributed by atoms with Crippen molar-refractivity contribution in [3.8, 4) is 11.5 Å². The quantitative estimate of drug-likeness (QED) is 0.591. The highest BCUT2D eigenvalue weighted by atomic mass is 32.1. The molecule has 0 aliphatic rings. The number of nitrogens with zero attached hydrogens (tertiary/aromatic N) is 1. The minimum atomic E-state index is -0.0248. The lowest BCUT2D eigenvalue weighted by molar-refractivity contribution is -0.121. The van der Waals surface area contributed by atoms with Crippen LogP contribution in [0, 0.1) is 5.92 Å². The average molecular weight is 369 g/mol. The number of hydrogen-bond donors (Lipinski definition) is 1. The largest absolute Gasteiger partial charge is 0.444 e. The van der Waals surface area contributed by atoms with Crippen LogP contribution in [0.3, 0.4) is 0 Å². The molecule has 0 fully saturated rings. The first-order valence-electron chi connectivity index (χ1n) is 9.03. The van der Waals surface area contributed by atoms with Gasteiger partial charge in [-0.05, 0) is 29.5 Å². The lowest BCUT2D eigenvalue weighted by Gasteiger charge is -2.25. The van der Waals surface area contributed by atoms with Gasteiger partial charge in [-0.3, -0.25) is 4.79 Å². The molecule has 0 bridgehead atoms. The predicted octanol–water partition coefficient (Wildman–Crippen LogP) is 5.24. The van der Waals surface area contributed by atoms with Gasteiger partial charge in [0.1, 0.15) is 6.26 Å². The minimum Gasteiger partial charge on any atom is -0.444 e. The molecule has 1 aromatic carbocycles. The molecule has 1 amide bonds. The molecule has 26 heavy (non-hydrogen) atoms. The number of carbonyl (C=O) groups is 1. The van der Waals surface area contributed by atoms with Gasteiger partial charge in [0.05, 0.1) is 18.2 Å². The Morgan fingerprint density at radius 1 is 1.15 bits per heavy atom. The van der Waals surface area contributed by atoms with Crippen molar-refractivity contribution in [1.29, 1.82) is 0 Å². The molecule has 1 atom stereocenters. The first-order chi connectivity index (χ1) is 12.7. The van der Waals surface area contributed by atoms with Crippen LogP contribution in [0.1, 0.15) is 43.3 Å². The summed E-state index contributed by atoms with van der Waals surface area (Å²) < 4.78 is 5.53. The fourth-order valence-electron chi connectivity index (χ4n) is 3.14. The van der Waals surface area contributed by atoms with Crippen LogP contribution < -0.4 is 5.32 Å². The van der Waals surface area contributed by atoms with E-state index in [1.165, 1.54) is 4.88 Å². The van der Waals surface area contributed by atoms with E-state index in [0.717, 1.165) is 18.4 Å². The molecule has 2 heterocycles. The maximum Gasteiger partial charge on any atom is 0.226 e. The Morgan fingerprint density at radius 2 is 1.92 bits per heavy atom. The van der Waals surface area contributed by atoms with Crippen LogP contribution in [0.2, 0.25) is 0 Å². The highest BCUT2D eigenvalue weighted by Crippen LogP contribution is 2.30. The van der Waals surface area contributed by atoms with E-state index < -0.39 is 0 Å². The maximum absolute atomic E-state index is 12.6. The van der Waals surface area contributed by atoms with Gasteiger partial charge in [-0.2, -0.15) is 0 Å². The van der Waals surface area contributed by atoms with Crippen LogP contribution in [-0.2, 0) is 11.2 Å². The van der Waals surface area contributed by atoms with Crippen LogP contribution in [0.15, 0.2) is 58.5 Å². The Morgan fingerprint density at radius 3 is 2.58 bits per heavy atom. The second-order valence-electron chi connectivity index (χ2n) is 6.32. The summed E-state index contributed by atoms with van der Waals surface area (Å²) in [5.74, 6) is 0.946. The van der Waals surface area contributed by atoms with Gasteiger partial charge in [-0.25, -0.2) is 4.98 Å². The van der Waals surface area contributed by atoms with Gasteiger partial charge in [-0.15, -0.1) is 11.3 Å². The molecule has 0 saturated heterocycles. The van der Waals surface area contributed by atoms with Gasteiger partial charge >= 0.3 is 0 Å².